The molecule has 0 aliphatic heterocycles. The summed E-state index contributed by atoms with van der Waals surface area (Å²) in [6, 6.07) is 0. The van der Waals surface area contributed by atoms with E-state index < -0.39 is 0 Å². The van der Waals surface area contributed by atoms with Crippen LogP contribution in [-0.2, 0) is 0 Å². The van der Waals surface area contributed by atoms with Gasteiger partial charge >= 0.3 is 0 Å². The zero-order chi connectivity index (χ0) is 6.62. The Kier molecular flexibility index (Phi) is 6.19. The second-order valence-electron chi connectivity index (χ2n) is 2.57. The van der Waals surface area contributed by atoms with E-state index in [1.165, 1.54) is 24.1 Å². The SMILES string of the molecule is CC[N+](C)(CC)CC.N. The van der Waals surface area contributed by atoms with Crippen molar-refractivity contribution < 1.29 is 4.48 Å². The lowest BCUT2D eigenvalue weighted by molar-refractivity contribution is -0.904. The molecule has 0 amide bonds. The number of nitrogens with zero attached hydrogens (tertiary/aromatic N) is 1. The average molecular weight is 133 g/mol. The Balaban J connectivity index is 0. The minimum atomic E-state index is 0. The van der Waals surface area contributed by atoms with Crippen molar-refractivity contribution in [2.75, 3.05) is 26.7 Å². The van der Waals surface area contributed by atoms with Crippen LogP contribution in [-0.4, -0.2) is 31.2 Å². The van der Waals surface area contributed by atoms with E-state index in [-0.39, 0.29) is 6.15 Å². The highest BCUT2D eigenvalue weighted by atomic mass is 15.3. The zero-order valence-electron chi connectivity index (χ0n) is 7.28. The van der Waals surface area contributed by atoms with E-state index in [2.05, 4.69) is 27.8 Å². The van der Waals surface area contributed by atoms with Crippen molar-refractivity contribution in [1.29, 1.82) is 0 Å². The zero-order valence-corrected chi connectivity index (χ0v) is 7.28. The van der Waals surface area contributed by atoms with Gasteiger partial charge in [0.15, 0.2) is 0 Å². The molecule has 0 fully saturated rings. The van der Waals surface area contributed by atoms with Crippen LogP contribution in [0.2, 0.25) is 0 Å². The van der Waals surface area contributed by atoms with E-state index in [9.17, 15) is 0 Å². The van der Waals surface area contributed by atoms with Crippen LogP contribution in [0.1, 0.15) is 20.8 Å². The molecule has 0 aliphatic rings. The first-order valence-electron chi connectivity index (χ1n) is 3.52. The quantitative estimate of drug-likeness (QED) is 0.584. The first-order valence-corrected chi connectivity index (χ1v) is 3.52. The van der Waals surface area contributed by atoms with Crippen LogP contribution in [0.5, 0.6) is 0 Å². The van der Waals surface area contributed by atoms with Gasteiger partial charge in [-0.1, -0.05) is 0 Å². The predicted octanol–water partition coefficient (Wildman–Crippen LogP) is 1.65. The standard InChI is InChI=1S/C7H18N.H3N/c1-5-8(4,6-2)7-3;/h5-7H2,1-4H3;1H3/q+1;. The molecular weight excluding hydrogens is 112 g/mol. The van der Waals surface area contributed by atoms with Gasteiger partial charge in [0.1, 0.15) is 0 Å². The van der Waals surface area contributed by atoms with Gasteiger partial charge in [0, 0.05) is 0 Å². The summed E-state index contributed by atoms with van der Waals surface area (Å²) in [6.07, 6.45) is 0. The highest BCUT2D eigenvalue weighted by molar-refractivity contribution is 4.24. The molecule has 0 aliphatic carbocycles. The smallest absolute Gasteiger partial charge is 0.0755 e. The Morgan fingerprint density at radius 2 is 1.11 bits per heavy atom. The van der Waals surface area contributed by atoms with Crippen LogP contribution in [0.3, 0.4) is 0 Å². The van der Waals surface area contributed by atoms with Crippen LogP contribution >= 0.6 is 0 Å². The highest BCUT2D eigenvalue weighted by Gasteiger charge is 2.10. The van der Waals surface area contributed by atoms with Crippen molar-refractivity contribution in [2.24, 2.45) is 0 Å². The van der Waals surface area contributed by atoms with Gasteiger partial charge in [-0.15, -0.1) is 0 Å². The summed E-state index contributed by atoms with van der Waals surface area (Å²) in [5, 5.41) is 0. The molecule has 0 heterocycles. The van der Waals surface area contributed by atoms with Gasteiger partial charge in [0.05, 0.1) is 26.7 Å². The Morgan fingerprint density at radius 3 is 1.11 bits per heavy atom. The normalized spacial score (nSPS) is 10.7. The average Bonchev–Trinajstić information content (AvgIpc) is 1.87. The molecule has 0 aromatic heterocycles. The molecule has 0 atom stereocenters. The van der Waals surface area contributed by atoms with Gasteiger partial charge < -0.3 is 10.6 Å². The van der Waals surface area contributed by atoms with Crippen molar-refractivity contribution in [3.63, 3.8) is 0 Å². The molecule has 2 heteroatoms. The Hall–Kier alpha value is -0.0800. The first kappa shape index (κ1) is 11.7. The van der Waals surface area contributed by atoms with Crippen molar-refractivity contribution in [2.45, 2.75) is 20.8 Å². The summed E-state index contributed by atoms with van der Waals surface area (Å²) in [7, 11) is 2.29. The van der Waals surface area contributed by atoms with Crippen molar-refractivity contribution in [3.05, 3.63) is 0 Å². The van der Waals surface area contributed by atoms with Gasteiger partial charge in [0.2, 0.25) is 0 Å². The van der Waals surface area contributed by atoms with E-state index >= 15 is 0 Å². The van der Waals surface area contributed by atoms with Gasteiger partial charge in [-0.3, -0.25) is 0 Å². The maximum absolute atomic E-state index is 2.29. The molecule has 0 saturated heterocycles. The number of hydrogen-bond acceptors (Lipinski definition) is 1. The number of hydrogen-bond donors (Lipinski definition) is 1. The van der Waals surface area contributed by atoms with Crippen molar-refractivity contribution in [3.8, 4) is 0 Å². The molecule has 0 rings (SSSR count). The molecule has 0 radical (unpaired) electrons. The fraction of sp³-hybridized carbons (Fsp3) is 1.00. The van der Waals surface area contributed by atoms with E-state index in [0.717, 1.165) is 0 Å². The largest absolute Gasteiger partial charge is 0.344 e. The maximum Gasteiger partial charge on any atom is 0.0755 e. The third kappa shape index (κ3) is 3.49. The van der Waals surface area contributed by atoms with Crippen LogP contribution < -0.4 is 6.15 Å². The van der Waals surface area contributed by atoms with E-state index in [1.807, 2.05) is 0 Å². The lowest BCUT2D eigenvalue weighted by atomic mass is 10.4. The minimum Gasteiger partial charge on any atom is -0.344 e. The van der Waals surface area contributed by atoms with Crippen LogP contribution in [0.25, 0.3) is 0 Å². The van der Waals surface area contributed by atoms with E-state index in [1.54, 1.807) is 0 Å². The third-order valence-electron chi connectivity index (χ3n) is 2.29. The third-order valence-corrected chi connectivity index (χ3v) is 2.29. The highest BCUT2D eigenvalue weighted by Crippen LogP contribution is 1.97. The molecule has 2 nitrogen and oxygen atoms in total. The monoisotopic (exact) mass is 133 g/mol. The number of rotatable bonds is 3. The Bertz CT molecular complexity index is 49.7. The van der Waals surface area contributed by atoms with Gasteiger partial charge in [0.25, 0.3) is 0 Å². The summed E-state index contributed by atoms with van der Waals surface area (Å²) in [6.45, 7) is 10.5. The van der Waals surface area contributed by atoms with Crippen LogP contribution in [0.15, 0.2) is 0 Å². The van der Waals surface area contributed by atoms with Gasteiger partial charge in [-0.25, -0.2) is 0 Å². The second-order valence-corrected chi connectivity index (χ2v) is 2.57. The summed E-state index contributed by atoms with van der Waals surface area (Å²) >= 11 is 0. The molecule has 0 unspecified atom stereocenters. The van der Waals surface area contributed by atoms with E-state index in [4.69, 9.17) is 0 Å². The molecule has 0 aromatic carbocycles. The maximum atomic E-state index is 2.29. The lowest BCUT2D eigenvalue weighted by Gasteiger charge is -2.30. The molecule has 0 aromatic rings. The fourth-order valence-corrected chi connectivity index (χ4v) is 0.671. The summed E-state index contributed by atoms with van der Waals surface area (Å²) in [5.41, 5.74) is 0. The summed E-state index contributed by atoms with van der Waals surface area (Å²) in [4.78, 5) is 0. The van der Waals surface area contributed by atoms with Crippen LogP contribution in [0, 0.1) is 0 Å². The van der Waals surface area contributed by atoms with Crippen LogP contribution in [0.4, 0.5) is 0 Å². The second kappa shape index (κ2) is 4.77. The van der Waals surface area contributed by atoms with Crippen molar-refractivity contribution >= 4 is 0 Å². The molecule has 0 spiro atoms. The fourth-order valence-electron chi connectivity index (χ4n) is 0.671. The topological polar surface area (TPSA) is 35.0 Å². The summed E-state index contributed by atoms with van der Waals surface area (Å²) < 4.78 is 1.21. The molecule has 3 N–H and O–H groups in total. The van der Waals surface area contributed by atoms with Gasteiger partial charge in [-0.05, 0) is 20.8 Å². The predicted molar refractivity (Wildman–Crippen MR) is 42.8 cm³/mol. The Labute approximate surface area is 59.0 Å². The first-order chi connectivity index (χ1) is 3.68. The molecule has 0 saturated carbocycles. The molecular formula is C7H21N2+. The van der Waals surface area contributed by atoms with Crippen molar-refractivity contribution in [1.82, 2.24) is 6.15 Å². The molecule has 58 valence electrons. The number of quaternary nitrogens is 1. The molecule has 9 heavy (non-hydrogen) atoms. The lowest BCUT2D eigenvalue weighted by Crippen LogP contribution is -2.42. The summed E-state index contributed by atoms with van der Waals surface area (Å²) in [5.74, 6) is 0. The van der Waals surface area contributed by atoms with Gasteiger partial charge in [-0.2, -0.15) is 0 Å². The molecule has 0 bridgehead atoms. The van der Waals surface area contributed by atoms with E-state index in [0.29, 0.717) is 0 Å². The Morgan fingerprint density at radius 1 is 0.889 bits per heavy atom. The minimum absolute atomic E-state index is 0.